The van der Waals surface area contributed by atoms with Gasteiger partial charge in [-0.3, -0.25) is 0 Å². The zero-order valence-corrected chi connectivity index (χ0v) is 12.4. The molecule has 0 heterocycles. The molecular weight excluding hydrogens is 246 g/mol. The Bertz CT molecular complexity index is 603. The summed E-state index contributed by atoms with van der Waals surface area (Å²) < 4.78 is 5.32. The molecule has 0 aliphatic carbocycles. The van der Waals surface area contributed by atoms with Crippen LogP contribution in [-0.4, -0.2) is 13.2 Å². The van der Waals surface area contributed by atoms with Crippen molar-refractivity contribution in [2.45, 2.75) is 32.2 Å². The highest BCUT2D eigenvalue weighted by Gasteiger charge is 2.08. The van der Waals surface area contributed by atoms with Crippen LogP contribution in [0, 0.1) is 0 Å². The minimum atomic E-state index is 0.170. The third-order valence-corrected chi connectivity index (χ3v) is 3.60. The monoisotopic (exact) mass is 269 g/mol. The van der Waals surface area contributed by atoms with Crippen molar-refractivity contribution in [2.75, 3.05) is 7.11 Å². The maximum absolute atomic E-state index is 6.24. The highest BCUT2D eigenvalue weighted by atomic mass is 16.5. The third-order valence-electron chi connectivity index (χ3n) is 3.60. The quantitative estimate of drug-likeness (QED) is 0.802. The number of hydrogen-bond acceptors (Lipinski definition) is 2. The first-order valence-corrected chi connectivity index (χ1v) is 7.05. The first-order chi connectivity index (χ1) is 9.60. The van der Waals surface area contributed by atoms with Gasteiger partial charge < -0.3 is 10.5 Å². The molecule has 2 N–H and O–H groups in total. The molecule has 2 nitrogen and oxygen atoms in total. The number of methoxy groups -OCH3 is 1. The van der Waals surface area contributed by atoms with Crippen molar-refractivity contribution in [3.63, 3.8) is 0 Å². The van der Waals surface area contributed by atoms with E-state index >= 15 is 0 Å². The lowest BCUT2D eigenvalue weighted by atomic mass is 9.96. The number of benzene rings is 2. The molecule has 0 amide bonds. The first-order valence-electron chi connectivity index (χ1n) is 7.05. The molecule has 0 radical (unpaired) electrons. The zero-order chi connectivity index (χ0) is 14.5. The summed E-state index contributed by atoms with van der Waals surface area (Å²) in [5.41, 5.74) is 8.73. The fourth-order valence-corrected chi connectivity index (χ4v) is 2.44. The summed E-state index contributed by atoms with van der Waals surface area (Å²) in [7, 11) is 1.70. The van der Waals surface area contributed by atoms with E-state index in [1.165, 1.54) is 21.9 Å². The van der Waals surface area contributed by atoms with E-state index in [2.05, 4.69) is 43.8 Å². The fraction of sp³-hybridized carbons (Fsp3) is 0.333. The van der Waals surface area contributed by atoms with E-state index < -0.39 is 0 Å². The molecule has 1 unspecified atom stereocenters. The number of hydrogen-bond donors (Lipinski definition) is 1. The number of fused-ring (bicyclic) bond motifs is 1. The molecule has 0 aromatic heterocycles. The topological polar surface area (TPSA) is 35.2 Å². The van der Waals surface area contributed by atoms with Gasteiger partial charge in [0.2, 0.25) is 0 Å². The van der Waals surface area contributed by atoms with Crippen molar-refractivity contribution < 1.29 is 4.74 Å². The van der Waals surface area contributed by atoms with Crippen molar-refractivity contribution in [1.29, 1.82) is 0 Å². The summed E-state index contributed by atoms with van der Waals surface area (Å²) in [4.78, 5) is 0. The van der Waals surface area contributed by atoms with Crippen LogP contribution in [0.3, 0.4) is 0 Å². The maximum atomic E-state index is 6.24. The Morgan fingerprint density at radius 1 is 1.30 bits per heavy atom. The summed E-state index contributed by atoms with van der Waals surface area (Å²) >= 11 is 0. The molecule has 2 aromatic carbocycles. The highest BCUT2D eigenvalue weighted by molar-refractivity contribution is 5.87. The molecule has 0 bridgehead atoms. The van der Waals surface area contributed by atoms with Crippen LogP contribution < -0.4 is 10.5 Å². The summed E-state index contributed by atoms with van der Waals surface area (Å²) in [5.74, 6) is 0.889. The Morgan fingerprint density at radius 2 is 2.10 bits per heavy atom. The predicted molar refractivity (Wildman–Crippen MR) is 86.2 cm³/mol. The number of rotatable bonds is 6. The standard InChI is InChI=1S/C18H23NO/c1-13(2)7-9-16(19)11-15-6-4-5-14-8-10-17(20-3)12-18(14)15/h4-6,8,10,12,16H,1,7,9,11,19H2,2-3H3. The van der Waals surface area contributed by atoms with E-state index in [4.69, 9.17) is 10.5 Å². The Balaban J connectivity index is 2.22. The highest BCUT2D eigenvalue weighted by Crippen LogP contribution is 2.25. The van der Waals surface area contributed by atoms with Gasteiger partial charge >= 0.3 is 0 Å². The van der Waals surface area contributed by atoms with Gasteiger partial charge in [0.15, 0.2) is 0 Å². The molecule has 0 aliphatic rings. The van der Waals surface area contributed by atoms with Gasteiger partial charge in [0, 0.05) is 6.04 Å². The van der Waals surface area contributed by atoms with Gasteiger partial charge in [0.05, 0.1) is 7.11 Å². The van der Waals surface area contributed by atoms with Crippen LogP contribution in [0.25, 0.3) is 10.8 Å². The lowest BCUT2D eigenvalue weighted by molar-refractivity contribution is 0.415. The Labute approximate surface area is 121 Å². The van der Waals surface area contributed by atoms with Gasteiger partial charge in [-0.15, -0.1) is 6.58 Å². The van der Waals surface area contributed by atoms with Crippen molar-refractivity contribution in [1.82, 2.24) is 0 Å². The van der Waals surface area contributed by atoms with Crippen molar-refractivity contribution in [3.8, 4) is 5.75 Å². The second-order valence-electron chi connectivity index (χ2n) is 5.46. The normalized spacial score (nSPS) is 12.3. The first kappa shape index (κ1) is 14.6. The van der Waals surface area contributed by atoms with Crippen LogP contribution >= 0.6 is 0 Å². The molecule has 106 valence electrons. The third kappa shape index (κ3) is 3.61. The Morgan fingerprint density at radius 3 is 2.80 bits per heavy atom. The molecule has 2 rings (SSSR count). The van der Waals surface area contributed by atoms with Gasteiger partial charge in [-0.1, -0.05) is 29.8 Å². The maximum Gasteiger partial charge on any atom is 0.119 e. The molecule has 0 spiro atoms. The van der Waals surface area contributed by atoms with Crippen molar-refractivity contribution in [3.05, 3.63) is 54.1 Å². The molecule has 2 heteroatoms. The molecule has 0 aliphatic heterocycles. The van der Waals surface area contributed by atoms with Crippen LogP contribution in [0.4, 0.5) is 0 Å². The van der Waals surface area contributed by atoms with Crippen molar-refractivity contribution in [2.24, 2.45) is 5.73 Å². The zero-order valence-electron chi connectivity index (χ0n) is 12.4. The van der Waals surface area contributed by atoms with Crippen LogP contribution in [0.2, 0.25) is 0 Å². The summed E-state index contributed by atoms with van der Waals surface area (Å²) in [6, 6.07) is 12.7. The van der Waals surface area contributed by atoms with Crippen LogP contribution in [0.5, 0.6) is 5.75 Å². The van der Waals surface area contributed by atoms with Gasteiger partial charge in [0.1, 0.15) is 5.75 Å². The second kappa shape index (κ2) is 6.58. The average molecular weight is 269 g/mol. The lowest BCUT2D eigenvalue weighted by Crippen LogP contribution is -2.22. The van der Waals surface area contributed by atoms with Gasteiger partial charge in [0.25, 0.3) is 0 Å². The minimum absolute atomic E-state index is 0.170. The van der Waals surface area contributed by atoms with E-state index in [0.29, 0.717) is 0 Å². The lowest BCUT2D eigenvalue weighted by Gasteiger charge is -2.14. The number of ether oxygens (including phenoxy) is 1. The van der Waals surface area contributed by atoms with Gasteiger partial charge in [-0.05, 0) is 54.7 Å². The van der Waals surface area contributed by atoms with Crippen LogP contribution in [-0.2, 0) is 6.42 Å². The van der Waals surface area contributed by atoms with E-state index in [1.807, 2.05) is 6.07 Å². The van der Waals surface area contributed by atoms with E-state index in [1.54, 1.807) is 7.11 Å². The molecule has 0 saturated heterocycles. The van der Waals surface area contributed by atoms with Crippen LogP contribution in [0.1, 0.15) is 25.3 Å². The molecule has 20 heavy (non-hydrogen) atoms. The molecule has 1 atom stereocenters. The van der Waals surface area contributed by atoms with Crippen LogP contribution in [0.15, 0.2) is 48.6 Å². The van der Waals surface area contributed by atoms with Gasteiger partial charge in [-0.25, -0.2) is 0 Å². The fourth-order valence-electron chi connectivity index (χ4n) is 2.44. The average Bonchev–Trinajstić information content (AvgIpc) is 2.45. The largest absolute Gasteiger partial charge is 0.497 e. The molecule has 2 aromatic rings. The smallest absolute Gasteiger partial charge is 0.119 e. The number of nitrogens with two attached hydrogens (primary N) is 1. The summed E-state index contributed by atoms with van der Waals surface area (Å²) in [6.45, 7) is 5.99. The Hall–Kier alpha value is -1.80. The van der Waals surface area contributed by atoms with Crippen molar-refractivity contribution >= 4 is 10.8 Å². The number of allylic oxidation sites excluding steroid dienone is 1. The summed E-state index contributed by atoms with van der Waals surface area (Å²) in [5, 5.41) is 2.47. The summed E-state index contributed by atoms with van der Waals surface area (Å²) in [6.07, 6.45) is 2.86. The second-order valence-corrected chi connectivity index (χ2v) is 5.46. The molecule has 0 saturated carbocycles. The molecule has 0 fully saturated rings. The van der Waals surface area contributed by atoms with E-state index in [9.17, 15) is 0 Å². The molecular formula is C18H23NO. The SMILES string of the molecule is C=C(C)CCC(N)Cc1cccc2ccc(OC)cc12. The minimum Gasteiger partial charge on any atom is -0.497 e. The Kier molecular flexibility index (Phi) is 4.80. The van der Waals surface area contributed by atoms with E-state index in [0.717, 1.165) is 25.0 Å². The predicted octanol–water partition coefficient (Wildman–Crippen LogP) is 4.07. The van der Waals surface area contributed by atoms with Gasteiger partial charge in [-0.2, -0.15) is 0 Å². The van der Waals surface area contributed by atoms with E-state index in [-0.39, 0.29) is 6.04 Å².